The van der Waals surface area contributed by atoms with Crippen molar-refractivity contribution in [2.24, 2.45) is 11.7 Å². The van der Waals surface area contributed by atoms with Crippen molar-refractivity contribution in [3.8, 4) is 0 Å². The van der Waals surface area contributed by atoms with Crippen molar-refractivity contribution in [1.29, 1.82) is 0 Å². The van der Waals surface area contributed by atoms with Crippen LogP contribution in [0.3, 0.4) is 0 Å². The molecule has 0 bridgehead atoms. The van der Waals surface area contributed by atoms with Gasteiger partial charge in [-0.15, -0.1) is 0 Å². The fraction of sp³-hybridized carbons (Fsp3) is 0.529. The van der Waals surface area contributed by atoms with E-state index in [2.05, 4.69) is 5.48 Å². The number of ketones is 2. The molecule has 1 heterocycles. The highest BCUT2D eigenvalue weighted by Gasteiger charge is 2.47. The fourth-order valence-electron chi connectivity index (χ4n) is 2.86. The monoisotopic (exact) mass is 336 g/mol. The summed E-state index contributed by atoms with van der Waals surface area (Å²) in [5.41, 5.74) is 9.78. The molecule has 1 aromatic rings. The summed E-state index contributed by atoms with van der Waals surface area (Å²) in [5.74, 6) is -1.41. The average molecular weight is 336 g/mol. The number of nitrogens with two attached hydrogens (primary N) is 1. The molecule has 4 N–H and O–H groups in total. The quantitative estimate of drug-likeness (QED) is 0.473. The number of aliphatic hydroxyl groups is 1. The van der Waals surface area contributed by atoms with Crippen molar-refractivity contribution in [3.05, 3.63) is 35.9 Å². The van der Waals surface area contributed by atoms with E-state index in [1.165, 1.54) is 13.8 Å². The predicted octanol–water partition coefficient (Wildman–Crippen LogP) is -0.0424. The molecule has 5 atom stereocenters. The first kappa shape index (κ1) is 18.7. The highest BCUT2D eigenvalue weighted by Crippen LogP contribution is 2.26. The predicted molar refractivity (Wildman–Crippen MR) is 86.7 cm³/mol. The van der Waals surface area contributed by atoms with E-state index in [0.717, 1.165) is 5.56 Å². The van der Waals surface area contributed by atoms with Crippen molar-refractivity contribution in [2.45, 2.75) is 44.7 Å². The molecule has 1 aliphatic heterocycles. The van der Waals surface area contributed by atoms with Gasteiger partial charge >= 0.3 is 0 Å². The van der Waals surface area contributed by atoms with Crippen LogP contribution in [0.5, 0.6) is 0 Å². The molecule has 1 aliphatic rings. The first-order chi connectivity index (χ1) is 11.4. The molecule has 7 nitrogen and oxygen atoms in total. The summed E-state index contributed by atoms with van der Waals surface area (Å²) >= 11 is 0. The zero-order valence-corrected chi connectivity index (χ0v) is 13.8. The third kappa shape index (κ3) is 4.46. The molecular weight excluding hydrogens is 312 g/mol. The lowest BCUT2D eigenvalue weighted by molar-refractivity contribution is -0.188. The average Bonchev–Trinajstić information content (AvgIpc) is 2.55. The molecule has 0 aromatic heterocycles. The Balaban J connectivity index is 1.90. The smallest absolute Gasteiger partial charge is 0.159 e. The molecule has 0 amide bonds. The molecule has 0 saturated carbocycles. The molecule has 132 valence electrons. The van der Waals surface area contributed by atoms with Crippen molar-refractivity contribution in [1.82, 2.24) is 5.48 Å². The van der Waals surface area contributed by atoms with Gasteiger partial charge in [0.15, 0.2) is 5.78 Å². The van der Waals surface area contributed by atoms with Gasteiger partial charge in [-0.1, -0.05) is 30.3 Å². The van der Waals surface area contributed by atoms with E-state index in [-0.39, 0.29) is 18.2 Å². The minimum atomic E-state index is -1.09. The highest BCUT2D eigenvalue weighted by molar-refractivity contribution is 5.90. The number of carbonyl (C=O) groups excluding carboxylic acids is 2. The van der Waals surface area contributed by atoms with E-state index in [4.69, 9.17) is 15.3 Å². The Labute approximate surface area is 141 Å². The number of hydroxylamine groups is 1. The standard InChI is InChI=1S/C17H24N2O5/c1-10(20)14-15(18)16(22)13(24-17(14)11(2)21)9-23-19-8-12-6-4-3-5-7-12/h3-7,13-17,19,22H,8-9,18H2,1-2H3. The molecule has 0 radical (unpaired) electrons. The van der Waals surface area contributed by atoms with Crippen LogP contribution in [0.1, 0.15) is 19.4 Å². The Kier molecular flexibility index (Phi) is 6.59. The second-order valence-corrected chi connectivity index (χ2v) is 6.03. The Morgan fingerprint density at radius 3 is 2.50 bits per heavy atom. The van der Waals surface area contributed by atoms with E-state index < -0.39 is 30.3 Å². The number of hydrogen-bond donors (Lipinski definition) is 3. The van der Waals surface area contributed by atoms with E-state index >= 15 is 0 Å². The Bertz CT molecular complexity index is 565. The van der Waals surface area contributed by atoms with Crippen molar-refractivity contribution >= 4 is 11.6 Å². The summed E-state index contributed by atoms with van der Waals surface area (Å²) in [6, 6.07) is 8.79. The number of nitrogens with one attached hydrogen (secondary N) is 1. The molecule has 1 saturated heterocycles. The first-order valence-corrected chi connectivity index (χ1v) is 7.90. The van der Waals surface area contributed by atoms with Crippen LogP contribution in [0.2, 0.25) is 0 Å². The van der Waals surface area contributed by atoms with E-state index in [1.54, 1.807) is 0 Å². The minimum absolute atomic E-state index is 0.0100. The molecule has 0 aliphatic carbocycles. The maximum absolute atomic E-state index is 11.8. The van der Waals surface area contributed by atoms with Crippen LogP contribution < -0.4 is 11.2 Å². The summed E-state index contributed by atoms with van der Waals surface area (Å²) < 4.78 is 5.59. The lowest BCUT2D eigenvalue weighted by atomic mass is 9.81. The zero-order valence-electron chi connectivity index (χ0n) is 13.8. The maximum Gasteiger partial charge on any atom is 0.159 e. The van der Waals surface area contributed by atoms with Gasteiger partial charge in [0.1, 0.15) is 18.0 Å². The molecule has 1 fully saturated rings. The number of ether oxygens (including phenoxy) is 1. The van der Waals surface area contributed by atoms with Crippen LogP contribution in [0.15, 0.2) is 30.3 Å². The van der Waals surface area contributed by atoms with E-state index in [0.29, 0.717) is 6.54 Å². The third-order valence-corrected chi connectivity index (χ3v) is 4.18. The second-order valence-electron chi connectivity index (χ2n) is 6.03. The molecule has 5 unspecified atom stereocenters. The largest absolute Gasteiger partial charge is 0.389 e. The van der Waals surface area contributed by atoms with Crippen LogP contribution in [0.25, 0.3) is 0 Å². The van der Waals surface area contributed by atoms with Crippen molar-refractivity contribution < 1.29 is 24.3 Å². The van der Waals surface area contributed by atoms with Gasteiger partial charge in [0.25, 0.3) is 0 Å². The second kappa shape index (κ2) is 8.46. The van der Waals surface area contributed by atoms with Crippen LogP contribution in [-0.2, 0) is 25.7 Å². The van der Waals surface area contributed by atoms with Gasteiger partial charge in [-0.25, -0.2) is 0 Å². The van der Waals surface area contributed by atoms with Crippen LogP contribution >= 0.6 is 0 Å². The lowest BCUT2D eigenvalue weighted by Gasteiger charge is -2.41. The summed E-state index contributed by atoms with van der Waals surface area (Å²) in [4.78, 5) is 28.8. The summed E-state index contributed by atoms with van der Waals surface area (Å²) in [6.45, 7) is 3.18. The van der Waals surface area contributed by atoms with E-state index in [1.807, 2.05) is 30.3 Å². The number of hydrogen-bond acceptors (Lipinski definition) is 7. The van der Waals surface area contributed by atoms with Gasteiger partial charge in [-0.2, -0.15) is 5.48 Å². The summed E-state index contributed by atoms with van der Waals surface area (Å²) in [6.07, 6.45) is -2.83. The lowest BCUT2D eigenvalue weighted by Crippen LogP contribution is -2.62. The number of Topliss-reactive ketones (excluding diaryl/α,β-unsaturated/α-hetero) is 2. The summed E-state index contributed by atoms with van der Waals surface area (Å²) in [7, 11) is 0. The van der Waals surface area contributed by atoms with Crippen molar-refractivity contribution in [3.63, 3.8) is 0 Å². The van der Waals surface area contributed by atoms with Gasteiger partial charge in [0, 0.05) is 12.6 Å². The molecule has 24 heavy (non-hydrogen) atoms. The van der Waals surface area contributed by atoms with Gasteiger partial charge < -0.3 is 15.6 Å². The molecule has 0 spiro atoms. The molecule has 7 heteroatoms. The topological polar surface area (TPSA) is 111 Å². The first-order valence-electron chi connectivity index (χ1n) is 7.90. The fourth-order valence-corrected chi connectivity index (χ4v) is 2.86. The number of rotatable bonds is 7. The Morgan fingerprint density at radius 1 is 1.25 bits per heavy atom. The third-order valence-electron chi connectivity index (χ3n) is 4.18. The van der Waals surface area contributed by atoms with Gasteiger partial charge in [0.2, 0.25) is 0 Å². The maximum atomic E-state index is 11.8. The number of carbonyl (C=O) groups is 2. The summed E-state index contributed by atoms with van der Waals surface area (Å²) in [5, 5.41) is 10.3. The van der Waals surface area contributed by atoms with Gasteiger partial charge in [-0.05, 0) is 19.4 Å². The molecular formula is C17H24N2O5. The van der Waals surface area contributed by atoms with Crippen LogP contribution in [-0.4, -0.2) is 47.6 Å². The zero-order chi connectivity index (χ0) is 17.7. The highest BCUT2D eigenvalue weighted by atomic mass is 16.7. The van der Waals surface area contributed by atoms with Crippen LogP contribution in [0.4, 0.5) is 0 Å². The molecule has 1 aromatic carbocycles. The Morgan fingerprint density at radius 2 is 1.92 bits per heavy atom. The SMILES string of the molecule is CC(=O)C1OC(CONCc2ccccc2)C(O)C(N)C1C(C)=O. The van der Waals surface area contributed by atoms with Crippen molar-refractivity contribution in [2.75, 3.05) is 6.61 Å². The number of aliphatic hydroxyl groups excluding tert-OH is 1. The normalized spacial score (nSPS) is 30.1. The van der Waals surface area contributed by atoms with Gasteiger partial charge in [-0.3, -0.25) is 14.4 Å². The Hall–Kier alpha value is -1.64. The van der Waals surface area contributed by atoms with Crippen LogP contribution in [0, 0.1) is 5.92 Å². The minimum Gasteiger partial charge on any atom is -0.389 e. The number of benzene rings is 1. The van der Waals surface area contributed by atoms with Gasteiger partial charge in [0.05, 0.1) is 18.6 Å². The van der Waals surface area contributed by atoms with E-state index in [9.17, 15) is 14.7 Å². The molecule has 2 rings (SSSR count).